The summed E-state index contributed by atoms with van der Waals surface area (Å²) in [5, 5.41) is 6.97. The largest absolute Gasteiger partial charge is 0.362 e. The van der Waals surface area contributed by atoms with Gasteiger partial charge in [-0.2, -0.15) is 0 Å². The minimum absolute atomic E-state index is 0.0236. The molecule has 2 aliphatic rings. The first-order valence-electron chi connectivity index (χ1n) is 10.1. The first kappa shape index (κ1) is 21.8. The number of benzene rings is 1. The van der Waals surface area contributed by atoms with Gasteiger partial charge in [-0.15, -0.1) is 0 Å². The maximum absolute atomic E-state index is 11.7. The normalized spacial score (nSPS) is 21.9. The number of nitrogens with one attached hydrogen (secondary N) is 3. The second-order valence-corrected chi connectivity index (χ2v) is 10.3. The fraction of sp³-hybridized carbons (Fsp3) is 0.450. The van der Waals surface area contributed by atoms with Gasteiger partial charge >= 0.3 is 0 Å². The summed E-state index contributed by atoms with van der Waals surface area (Å²) in [5.41, 5.74) is 7.41. The van der Waals surface area contributed by atoms with Crippen molar-refractivity contribution in [1.82, 2.24) is 15.3 Å². The highest BCUT2D eigenvalue weighted by Gasteiger charge is 2.48. The van der Waals surface area contributed by atoms with Crippen LogP contribution in [0.15, 0.2) is 35.5 Å². The first-order chi connectivity index (χ1) is 14.7. The topological polar surface area (TPSA) is 134 Å². The standard InChI is InChI=1S/C20H26ClN7O2S/c1-20(7-8-20)18-26-16(12-4-3-5-13(15(12)21)28-31(2,29)30)17(27-18)14-6-10-23-19(25-14)24-11-9-22/h3-6,10,16-17,28H,7-9,11,22H2,1-2H3,(H,26,27)(H,23,24,25). The Labute approximate surface area is 187 Å². The van der Waals surface area contributed by atoms with E-state index >= 15 is 0 Å². The number of sulfonamides is 1. The van der Waals surface area contributed by atoms with Crippen LogP contribution in [0.2, 0.25) is 5.02 Å². The van der Waals surface area contributed by atoms with Gasteiger partial charge in [-0.25, -0.2) is 18.4 Å². The Bertz CT molecular complexity index is 1120. The van der Waals surface area contributed by atoms with E-state index in [9.17, 15) is 8.42 Å². The van der Waals surface area contributed by atoms with Gasteiger partial charge in [-0.3, -0.25) is 9.71 Å². The van der Waals surface area contributed by atoms with Crippen molar-refractivity contribution in [2.75, 3.05) is 29.4 Å². The highest BCUT2D eigenvalue weighted by molar-refractivity contribution is 7.92. The molecule has 166 valence electrons. The lowest BCUT2D eigenvalue weighted by Crippen LogP contribution is -2.30. The minimum atomic E-state index is -3.47. The lowest BCUT2D eigenvalue weighted by molar-refractivity contribution is 0.553. The van der Waals surface area contributed by atoms with Gasteiger partial charge in [0.15, 0.2) is 0 Å². The van der Waals surface area contributed by atoms with Crippen molar-refractivity contribution in [2.24, 2.45) is 16.1 Å². The molecule has 0 amide bonds. The molecule has 4 rings (SSSR count). The monoisotopic (exact) mass is 463 g/mol. The molecule has 5 N–H and O–H groups in total. The van der Waals surface area contributed by atoms with Crippen LogP contribution in [0.3, 0.4) is 0 Å². The van der Waals surface area contributed by atoms with E-state index in [1.165, 1.54) is 0 Å². The molecule has 0 saturated heterocycles. The highest BCUT2D eigenvalue weighted by atomic mass is 35.5. The molecule has 1 aromatic carbocycles. The van der Waals surface area contributed by atoms with Crippen LogP contribution in [0.5, 0.6) is 0 Å². The van der Waals surface area contributed by atoms with Gasteiger partial charge < -0.3 is 16.4 Å². The molecule has 1 aliphatic carbocycles. The van der Waals surface area contributed by atoms with E-state index in [-0.39, 0.29) is 17.5 Å². The predicted molar refractivity (Wildman–Crippen MR) is 123 cm³/mol. The zero-order chi connectivity index (χ0) is 22.2. The number of aliphatic imine (C=N–C) groups is 1. The van der Waals surface area contributed by atoms with Crippen LogP contribution in [0.25, 0.3) is 0 Å². The van der Waals surface area contributed by atoms with E-state index in [0.717, 1.165) is 36.2 Å². The lowest BCUT2D eigenvalue weighted by atomic mass is 9.97. The van der Waals surface area contributed by atoms with E-state index < -0.39 is 10.0 Å². The lowest BCUT2D eigenvalue weighted by Gasteiger charge is -2.21. The molecule has 2 unspecified atom stereocenters. The Hall–Kier alpha value is -2.43. The Morgan fingerprint density at radius 2 is 2.10 bits per heavy atom. The van der Waals surface area contributed by atoms with Crippen LogP contribution >= 0.6 is 11.6 Å². The summed E-state index contributed by atoms with van der Waals surface area (Å²) in [6.45, 7) is 3.21. The molecule has 1 fully saturated rings. The summed E-state index contributed by atoms with van der Waals surface area (Å²) >= 11 is 6.64. The van der Waals surface area contributed by atoms with Gasteiger partial charge in [0.1, 0.15) is 11.9 Å². The zero-order valence-corrected chi connectivity index (χ0v) is 19.0. The highest BCUT2D eigenvalue weighted by Crippen LogP contribution is 2.51. The zero-order valence-electron chi connectivity index (χ0n) is 17.4. The first-order valence-corrected chi connectivity index (χ1v) is 12.3. The van der Waals surface area contributed by atoms with Crippen LogP contribution < -0.4 is 21.1 Å². The number of hydrogen-bond acceptors (Lipinski definition) is 8. The third-order valence-electron chi connectivity index (χ3n) is 5.51. The molecular weight excluding hydrogens is 438 g/mol. The Morgan fingerprint density at radius 3 is 2.77 bits per heavy atom. The molecule has 2 heterocycles. The van der Waals surface area contributed by atoms with Crippen molar-refractivity contribution in [1.29, 1.82) is 0 Å². The number of nitrogens with zero attached hydrogens (tertiary/aromatic N) is 3. The smallest absolute Gasteiger partial charge is 0.229 e. The molecule has 0 spiro atoms. The molecule has 2 aromatic rings. The number of rotatable bonds is 8. The fourth-order valence-electron chi connectivity index (χ4n) is 3.59. The Balaban J connectivity index is 1.73. The van der Waals surface area contributed by atoms with Crippen molar-refractivity contribution >= 4 is 39.1 Å². The minimum Gasteiger partial charge on any atom is -0.362 e. The summed E-state index contributed by atoms with van der Waals surface area (Å²) in [5.74, 6) is 1.42. The van der Waals surface area contributed by atoms with E-state index in [1.54, 1.807) is 18.3 Å². The number of aromatic nitrogens is 2. The van der Waals surface area contributed by atoms with Gasteiger partial charge in [0.25, 0.3) is 0 Å². The van der Waals surface area contributed by atoms with Crippen molar-refractivity contribution in [3.63, 3.8) is 0 Å². The van der Waals surface area contributed by atoms with Gasteiger partial charge in [-0.1, -0.05) is 30.7 Å². The third kappa shape index (κ3) is 4.76. The van der Waals surface area contributed by atoms with Gasteiger partial charge in [0, 0.05) is 24.7 Å². The molecule has 0 bridgehead atoms. The Kier molecular flexibility index (Phi) is 5.80. The van der Waals surface area contributed by atoms with Crippen molar-refractivity contribution in [3.05, 3.63) is 46.7 Å². The molecule has 1 aromatic heterocycles. The van der Waals surface area contributed by atoms with Crippen LogP contribution in [0, 0.1) is 5.41 Å². The molecule has 11 heteroatoms. The van der Waals surface area contributed by atoms with Gasteiger partial charge in [0.2, 0.25) is 16.0 Å². The van der Waals surface area contributed by atoms with Crippen LogP contribution in [0.4, 0.5) is 11.6 Å². The average Bonchev–Trinajstić information content (AvgIpc) is 3.31. The summed E-state index contributed by atoms with van der Waals surface area (Å²) in [6.07, 6.45) is 4.92. The molecular formula is C20H26ClN7O2S. The van der Waals surface area contributed by atoms with Gasteiger partial charge in [-0.05, 0) is 30.5 Å². The van der Waals surface area contributed by atoms with E-state index in [0.29, 0.717) is 29.7 Å². The van der Waals surface area contributed by atoms with Crippen molar-refractivity contribution < 1.29 is 8.42 Å². The number of nitrogens with two attached hydrogens (primary N) is 1. The van der Waals surface area contributed by atoms with Crippen LogP contribution in [-0.2, 0) is 10.0 Å². The Morgan fingerprint density at radius 1 is 1.32 bits per heavy atom. The second-order valence-electron chi connectivity index (χ2n) is 8.21. The predicted octanol–water partition coefficient (Wildman–Crippen LogP) is 2.46. The van der Waals surface area contributed by atoms with E-state index in [4.69, 9.17) is 22.3 Å². The van der Waals surface area contributed by atoms with E-state index in [2.05, 4.69) is 32.2 Å². The maximum Gasteiger partial charge on any atom is 0.229 e. The van der Waals surface area contributed by atoms with E-state index in [1.807, 2.05) is 12.1 Å². The molecule has 1 saturated carbocycles. The van der Waals surface area contributed by atoms with Crippen LogP contribution in [-0.4, -0.2) is 43.6 Å². The summed E-state index contributed by atoms with van der Waals surface area (Å²) in [4.78, 5) is 13.9. The van der Waals surface area contributed by atoms with Crippen molar-refractivity contribution in [3.8, 4) is 0 Å². The van der Waals surface area contributed by atoms with Crippen molar-refractivity contribution in [2.45, 2.75) is 31.8 Å². The summed E-state index contributed by atoms with van der Waals surface area (Å²) in [6, 6.07) is 6.49. The fourth-order valence-corrected chi connectivity index (χ4v) is 4.50. The van der Waals surface area contributed by atoms with Crippen LogP contribution in [0.1, 0.15) is 43.1 Å². The third-order valence-corrected chi connectivity index (χ3v) is 6.53. The molecule has 31 heavy (non-hydrogen) atoms. The summed E-state index contributed by atoms with van der Waals surface area (Å²) < 4.78 is 26.0. The summed E-state index contributed by atoms with van der Waals surface area (Å²) in [7, 11) is -3.47. The molecule has 0 radical (unpaired) electrons. The number of anilines is 2. The van der Waals surface area contributed by atoms with Gasteiger partial charge in [0.05, 0.1) is 28.7 Å². The average molecular weight is 464 g/mol. The molecule has 9 nitrogen and oxygen atoms in total. The SMILES string of the molecule is CC1(C2=NC(c3cccc(NS(C)(=O)=O)c3Cl)C(c3ccnc(NCCN)n3)N2)CC1. The number of hydrogen-bond donors (Lipinski definition) is 4. The number of amidine groups is 1. The maximum atomic E-state index is 11.7. The molecule has 2 atom stereocenters. The molecule has 1 aliphatic heterocycles. The second kappa shape index (κ2) is 8.25. The quantitative estimate of drug-likeness (QED) is 0.472. The number of halogens is 1.